The van der Waals surface area contributed by atoms with E-state index >= 15 is 0 Å². The lowest BCUT2D eigenvalue weighted by atomic mass is 9.82. The van der Waals surface area contributed by atoms with E-state index in [-0.39, 0.29) is 5.41 Å². The maximum atomic E-state index is 3.63. The minimum absolute atomic E-state index is 0.0157. The molecule has 0 bridgehead atoms. The molecule has 1 nitrogen and oxygen atoms in total. The van der Waals surface area contributed by atoms with Crippen LogP contribution >= 0.6 is 15.9 Å². The molecule has 0 saturated heterocycles. The summed E-state index contributed by atoms with van der Waals surface area (Å²) < 4.78 is 1.10. The molecule has 2 heteroatoms. The molecule has 0 aliphatic heterocycles. The maximum Gasteiger partial charge on any atom is 0.0543 e. The van der Waals surface area contributed by atoms with Crippen LogP contribution < -0.4 is 4.90 Å². The number of benzene rings is 4. The summed E-state index contributed by atoms with van der Waals surface area (Å²) in [5.41, 5.74) is 10.6. The molecular formula is C33H32BrN. The molecule has 6 rings (SSSR count). The summed E-state index contributed by atoms with van der Waals surface area (Å²) in [7, 11) is 0. The van der Waals surface area contributed by atoms with Crippen LogP contribution in [0.5, 0.6) is 0 Å². The second-order valence-corrected chi connectivity index (χ2v) is 11.5. The molecule has 4 aromatic rings. The Morgan fingerprint density at radius 2 is 1.31 bits per heavy atom. The van der Waals surface area contributed by atoms with E-state index in [1.807, 2.05) is 0 Å². The lowest BCUT2D eigenvalue weighted by Crippen LogP contribution is -2.16. The van der Waals surface area contributed by atoms with Gasteiger partial charge in [-0.15, -0.1) is 0 Å². The van der Waals surface area contributed by atoms with Gasteiger partial charge in [0.2, 0.25) is 0 Å². The molecule has 176 valence electrons. The Morgan fingerprint density at radius 3 is 2.03 bits per heavy atom. The quantitative estimate of drug-likeness (QED) is 0.258. The molecule has 0 spiro atoms. The standard InChI is InChI=1S/C33H32BrN/c1-33(2)29-12-7-6-11-28(29)32-30(33)13-8-14-31(32)35(27-21-17-25(34)18-22-27)26-19-15-24(16-20-26)23-9-4-3-5-10-23/h6-8,11-23H,3-5,9-10H2,1-2H3. The van der Waals surface area contributed by atoms with Gasteiger partial charge < -0.3 is 4.90 Å². The lowest BCUT2D eigenvalue weighted by Gasteiger charge is -2.29. The highest BCUT2D eigenvalue weighted by molar-refractivity contribution is 9.10. The zero-order valence-electron chi connectivity index (χ0n) is 20.6. The van der Waals surface area contributed by atoms with Crippen LogP contribution in [0.4, 0.5) is 17.1 Å². The number of anilines is 3. The van der Waals surface area contributed by atoms with Gasteiger partial charge in [0.25, 0.3) is 0 Å². The lowest BCUT2D eigenvalue weighted by molar-refractivity contribution is 0.443. The van der Waals surface area contributed by atoms with Crippen LogP contribution in [0, 0.1) is 0 Å². The van der Waals surface area contributed by atoms with Crippen LogP contribution in [0.15, 0.2) is 95.5 Å². The predicted molar refractivity (Wildman–Crippen MR) is 152 cm³/mol. The van der Waals surface area contributed by atoms with Crippen LogP contribution in [-0.4, -0.2) is 0 Å². The summed E-state index contributed by atoms with van der Waals surface area (Å²) in [5.74, 6) is 0.715. The molecule has 2 aliphatic rings. The van der Waals surface area contributed by atoms with Crippen molar-refractivity contribution in [3.05, 3.63) is 112 Å². The molecule has 0 heterocycles. The highest BCUT2D eigenvalue weighted by atomic mass is 79.9. The van der Waals surface area contributed by atoms with Crippen molar-refractivity contribution in [1.82, 2.24) is 0 Å². The van der Waals surface area contributed by atoms with E-state index in [1.54, 1.807) is 0 Å². The highest BCUT2D eigenvalue weighted by Gasteiger charge is 2.37. The average molecular weight is 523 g/mol. The largest absolute Gasteiger partial charge is 0.310 e. The fourth-order valence-corrected chi connectivity index (χ4v) is 6.53. The van der Waals surface area contributed by atoms with Crippen molar-refractivity contribution in [2.75, 3.05) is 4.90 Å². The van der Waals surface area contributed by atoms with Gasteiger partial charge in [0.1, 0.15) is 0 Å². The molecule has 1 saturated carbocycles. The van der Waals surface area contributed by atoms with Crippen molar-refractivity contribution < 1.29 is 0 Å². The van der Waals surface area contributed by atoms with E-state index in [0.717, 1.165) is 4.47 Å². The number of halogens is 1. The zero-order valence-corrected chi connectivity index (χ0v) is 22.2. The topological polar surface area (TPSA) is 3.24 Å². The van der Waals surface area contributed by atoms with Gasteiger partial charge in [0, 0.05) is 26.8 Å². The smallest absolute Gasteiger partial charge is 0.0543 e. The van der Waals surface area contributed by atoms with Crippen molar-refractivity contribution in [2.45, 2.75) is 57.3 Å². The number of nitrogens with zero attached hydrogens (tertiary/aromatic N) is 1. The van der Waals surface area contributed by atoms with Crippen molar-refractivity contribution >= 4 is 33.0 Å². The van der Waals surface area contributed by atoms with Gasteiger partial charge in [0.05, 0.1) is 5.69 Å². The Bertz CT molecular complexity index is 1340. The normalized spacial score (nSPS) is 16.5. The molecule has 35 heavy (non-hydrogen) atoms. The third-order valence-corrected chi connectivity index (χ3v) is 8.67. The molecule has 0 amide bonds. The van der Waals surface area contributed by atoms with E-state index in [2.05, 4.69) is 126 Å². The first-order chi connectivity index (χ1) is 17.0. The number of hydrogen-bond acceptors (Lipinski definition) is 1. The van der Waals surface area contributed by atoms with Gasteiger partial charge in [0.15, 0.2) is 0 Å². The Morgan fingerprint density at radius 1 is 0.686 bits per heavy atom. The van der Waals surface area contributed by atoms with E-state index in [9.17, 15) is 0 Å². The summed E-state index contributed by atoms with van der Waals surface area (Å²) in [5, 5.41) is 0. The molecule has 0 radical (unpaired) electrons. The number of rotatable bonds is 4. The zero-order chi connectivity index (χ0) is 24.0. The third-order valence-electron chi connectivity index (χ3n) is 8.14. The molecule has 0 atom stereocenters. The Labute approximate surface area is 218 Å². The van der Waals surface area contributed by atoms with E-state index < -0.39 is 0 Å². The van der Waals surface area contributed by atoms with Crippen molar-refractivity contribution in [1.29, 1.82) is 0 Å². The van der Waals surface area contributed by atoms with Crippen LogP contribution in [0.2, 0.25) is 0 Å². The van der Waals surface area contributed by atoms with Gasteiger partial charge in [-0.05, 0) is 83.5 Å². The molecule has 4 aromatic carbocycles. The predicted octanol–water partition coefficient (Wildman–Crippen LogP) is 10.3. The van der Waals surface area contributed by atoms with E-state index in [0.29, 0.717) is 5.92 Å². The first-order valence-electron chi connectivity index (χ1n) is 12.9. The molecule has 0 N–H and O–H groups in total. The van der Waals surface area contributed by atoms with Crippen LogP contribution in [-0.2, 0) is 5.41 Å². The molecule has 1 fully saturated rings. The Balaban J connectivity index is 1.51. The van der Waals surface area contributed by atoms with Gasteiger partial charge in [-0.25, -0.2) is 0 Å². The average Bonchev–Trinajstić information content (AvgIpc) is 3.14. The SMILES string of the molecule is CC1(C)c2ccccc2-c2c(N(c3ccc(Br)cc3)c3ccc(C4CCCCC4)cc3)cccc21. The first-order valence-corrected chi connectivity index (χ1v) is 13.7. The van der Waals surface area contributed by atoms with E-state index in [4.69, 9.17) is 0 Å². The minimum atomic E-state index is -0.0157. The summed E-state index contributed by atoms with van der Waals surface area (Å²) >= 11 is 3.63. The maximum absolute atomic E-state index is 3.63. The van der Waals surface area contributed by atoms with E-state index in [1.165, 1.54) is 77.0 Å². The van der Waals surface area contributed by atoms with Gasteiger partial charge in [-0.2, -0.15) is 0 Å². The highest BCUT2D eigenvalue weighted by Crippen LogP contribution is 2.54. The molecule has 2 aliphatic carbocycles. The fourth-order valence-electron chi connectivity index (χ4n) is 6.27. The van der Waals surface area contributed by atoms with Crippen LogP contribution in [0.25, 0.3) is 11.1 Å². The third kappa shape index (κ3) is 3.93. The second kappa shape index (κ2) is 8.99. The minimum Gasteiger partial charge on any atom is -0.310 e. The monoisotopic (exact) mass is 521 g/mol. The van der Waals surface area contributed by atoms with Gasteiger partial charge in [-0.3, -0.25) is 0 Å². The summed E-state index contributed by atoms with van der Waals surface area (Å²) in [6.07, 6.45) is 6.77. The summed E-state index contributed by atoms with van der Waals surface area (Å²) in [6, 6.07) is 33.9. The first kappa shape index (κ1) is 22.6. The van der Waals surface area contributed by atoms with Crippen LogP contribution in [0.3, 0.4) is 0 Å². The number of fused-ring (bicyclic) bond motifs is 3. The summed E-state index contributed by atoms with van der Waals surface area (Å²) in [4.78, 5) is 2.44. The van der Waals surface area contributed by atoms with Crippen LogP contribution in [0.1, 0.15) is 68.6 Å². The van der Waals surface area contributed by atoms with Gasteiger partial charge in [-0.1, -0.05) is 97.6 Å². The second-order valence-electron chi connectivity index (χ2n) is 10.6. The Kier molecular flexibility index (Phi) is 5.81. The fraction of sp³-hybridized carbons (Fsp3) is 0.273. The summed E-state index contributed by atoms with van der Waals surface area (Å²) in [6.45, 7) is 4.70. The molecule has 0 aromatic heterocycles. The van der Waals surface area contributed by atoms with Gasteiger partial charge >= 0.3 is 0 Å². The van der Waals surface area contributed by atoms with Crippen molar-refractivity contribution in [2.24, 2.45) is 0 Å². The Hall–Kier alpha value is -2.84. The van der Waals surface area contributed by atoms with Crippen molar-refractivity contribution in [3.8, 4) is 11.1 Å². The molecule has 0 unspecified atom stereocenters. The number of hydrogen-bond donors (Lipinski definition) is 0. The molecular weight excluding hydrogens is 490 g/mol. The van der Waals surface area contributed by atoms with Crippen molar-refractivity contribution in [3.63, 3.8) is 0 Å².